The highest BCUT2D eigenvalue weighted by Gasteiger charge is 2.81. The zero-order chi connectivity index (χ0) is 41.9. The van der Waals surface area contributed by atoms with Crippen LogP contribution in [-0.2, 0) is 45.8 Å². The predicted molar refractivity (Wildman–Crippen MR) is 220 cm³/mol. The number of likely N-dealkylation sites (N-methyl/N-ethyl adjacent to an activating group) is 1. The number of esters is 3. The van der Waals surface area contributed by atoms with Gasteiger partial charge in [0, 0.05) is 85.4 Å². The molecule has 1 aliphatic carbocycles. The van der Waals surface area contributed by atoms with Gasteiger partial charge in [0.1, 0.15) is 11.2 Å². The number of rotatable bonds is 7. The fourth-order valence-electron chi connectivity index (χ4n) is 13.6. The number of hydrogen-bond acceptors (Lipinski definition) is 12. The second-order valence-corrected chi connectivity index (χ2v) is 18.2. The molecule has 3 aromatic rings. The Morgan fingerprint density at radius 3 is 2.42 bits per heavy atom. The third kappa shape index (κ3) is 5.20. The van der Waals surface area contributed by atoms with Crippen molar-refractivity contribution in [3.05, 3.63) is 70.9 Å². The molecule has 0 amide bonds. The Balaban J connectivity index is 1.42. The molecule has 59 heavy (non-hydrogen) atoms. The largest absolute Gasteiger partial charge is 0.497 e. The summed E-state index contributed by atoms with van der Waals surface area (Å²) in [7, 11) is 6.15. The number of aliphatic hydroxyl groups is 2. The zero-order valence-electron chi connectivity index (χ0n) is 35.3. The van der Waals surface area contributed by atoms with Crippen molar-refractivity contribution in [1.82, 2.24) is 14.8 Å². The van der Waals surface area contributed by atoms with Crippen molar-refractivity contribution in [2.24, 2.45) is 11.3 Å². The topological polar surface area (TPSA) is 154 Å². The molecular formula is C46H58N4O9. The van der Waals surface area contributed by atoms with Gasteiger partial charge in [0.05, 0.1) is 33.0 Å². The molecule has 2 bridgehead atoms. The number of para-hydroxylation sites is 1. The smallest absolute Gasteiger partial charge is 0.344 e. The first-order chi connectivity index (χ1) is 28.2. The van der Waals surface area contributed by atoms with E-state index < -0.39 is 57.5 Å². The summed E-state index contributed by atoms with van der Waals surface area (Å²) in [5, 5.41) is 26.6. The van der Waals surface area contributed by atoms with Crippen LogP contribution in [0.15, 0.2) is 48.6 Å². The molecule has 2 saturated heterocycles. The standard InChI is InChI=1S/C46H58N4O9/c1-8-42(54)23-28-24-45(40(52)57-6,36-31(15-19-49(25-28)26-42)30-13-10-11-14-33(30)47-36)32-21-29(56-5)22-34-35(32)44-17-20-50-18-12-16-43(9-2,37(44)50)39(59-27(3)51)46(55,41(53)58-7)38(44)48(34)4/h10-14,16,21-22,28,37-39,47,54-55H,8-9,15,17-20,23-26H2,1-7H3/t28?,37?,38?,39-,42+,43-,44?,45-,46+/m1/s1. The van der Waals surface area contributed by atoms with Gasteiger partial charge >= 0.3 is 17.9 Å². The summed E-state index contributed by atoms with van der Waals surface area (Å²) in [5.74, 6) is -1.58. The minimum absolute atomic E-state index is 0.126. The van der Waals surface area contributed by atoms with E-state index in [1.165, 1.54) is 21.1 Å². The van der Waals surface area contributed by atoms with Crippen LogP contribution in [0.4, 0.5) is 5.69 Å². The number of carbonyl (C=O) groups is 3. The van der Waals surface area contributed by atoms with E-state index in [2.05, 4.69) is 26.9 Å². The molecule has 0 radical (unpaired) electrons. The fourth-order valence-corrected chi connectivity index (χ4v) is 13.6. The number of aromatic nitrogens is 1. The number of benzene rings is 2. The van der Waals surface area contributed by atoms with Crippen molar-refractivity contribution in [2.75, 3.05) is 66.0 Å². The third-order valence-electron chi connectivity index (χ3n) is 15.6. The highest BCUT2D eigenvalue weighted by Crippen LogP contribution is 2.69. The maximum atomic E-state index is 15.6. The van der Waals surface area contributed by atoms with Gasteiger partial charge in [0.25, 0.3) is 0 Å². The van der Waals surface area contributed by atoms with Gasteiger partial charge in [0.2, 0.25) is 5.60 Å². The van der Waals surface area contributed by atoms with Gasteiger partial charge in [-0.1, -0.05) is 44.2 Å². The lowest BCUT2D eigenvalue weighted by molar-refractivity contribution is -0.228. The lowest BCUT2D eigenvalue weighted by Gasteiger charge is -2.63. The molecule has 3 fully saturated rings. The van der Waals surface area contributed by atoms with Crippen molar-refractivity contribution in [2.45, 2.75) is 99.5 Å². The first-order valence-electron chi connectivity index (χ1n) is 21.2. The number of H-pyrrole nitrogens is 1. The predicted octanol–water partition coefficient (Wildman–Crippen LogP) is 3.99. The Morgan fingerprint density at radius 2 is 1.73 bits per heavy atom. The van der Waals surface area contributed by atoms with Gasteiger partial charge in [-0.15, -0.1) is 0 Å². The van der Waals surface area contributed by atoms with E-state index in [-0.39, 0.29) is 12.0 Å². The molecule has 13 nitrogen and oxygen atoms in total. The van der Waals surface area contributed by atoms with E-state index in [1.54, 1.807) is 7.11 Å². The van der Waals surface area contributed by atoms with Crippen molar-refractivity contribution >= 4 is 34.5 Å². The summed E-state index contributed by atoms with van der Waals surface area (Å²) in [4.78, 5) is 53.8. The van der Waals surface area contributed by atoms with Crippen LogP contribution in [0.2, 0.25) is 0 Å². The van der Waals surface area contributed by atoms with Crippen LogP contribution in [-0.4, -0.2) is 133 Å². The van der Waals surface area contributed by atoms with Gasteiger partial charge in [0.15, 0.2) is 6.10 Å². The van der Waals surface area contributed by atoms with Crippen molar-refractivity contribution in [1.29, 1.82) is 0 Å². The maximum Gasteiger partial charge on any atom is 0.344 e. The van der Waals surface area contributed by atoms with Gasteiger partial charge < -0.3 is 39.0 Å². The molecule has 10 atom stereocenters. The van der Waals surface area contributed by atoms with Gasteiger partial charge in [-0.25, -0.2) is 4.79 Å². The lowest BCUT2D eigenvalue weighted by Crippen LogP contribution is -2.81. The molecule has 1 aromatic heterocycles. The van der Waals surface area contributed by atoms with Crippen LogP contribution in [0.1, 0.15) is 75.3 Å². The van der Waals surface area contributed by atoms with Gasteiger partial charge in [-0.05, 0) is 79.8 Å². The molecule has 9 rings (SSSR count). The molecular weight excluding hydrogens is 753 g/mol. The number of piperidine rings is 1. The Kier molecular flexibility index (Phi) is 9.36. The van der Waals surface area contributed by atoms with Crippen LogP contribution in [0.5, 0.6) is 5.75 Å². The van der Waals surface area contributed by atoms with Crippen molar-refractivity contribution < 1.29 is 43.5 Å². The van der Waals surface area contributed by atoms with E-state index in [1.807, 2.05) is 62.2 Å². The molecule has 6 heterocycles. The maximum absolute atomic E-state index is 15.6. The van der Waals surface area contributed by atoms with Crippen LogP contribution in [0, 0.1) is 11.3 Å². The quantitative estimate of drug-likeness (QED) is 0.180. The lowest BCUT2D eigenvalue weighted by atomic mass is 9.46. The van der Waals surface area contributed by atoms with Crippen LogP contribution >= 0.6 is 0 Å². The monoisotopic (exact) mass is 810 g/mol. The summed E-state index contributed by atoms with van der Waals surface area (Å²) in [5.41, 5.74) is -1.94. The number of nitrogens with zero attached hydrogens (tertiary/aromatic N) is 3. The Bertz CT molecular complexity index is 2260. The Labute approximate surface area is 345 Å². The number of hydrogen-bond donors (Lipinski definition) is 3. The highest BCUT2D eigenvalue weighted by molar-refractivity contribution is 5.95. The average molecular weight is 811 g/mol. The number of aromatic amines is 1. The second-order valence-electron chi connectivity index (χ2n) is 18.2. The molecule has 6 aliphatic rings. The summed E-state index contributed by atoms with van der Waals surface area (Å²) in [6.45, 7) is 8.52. The van der Waals surface area contributed by atoms with Gasteiger partial charge in [-0.3, -0.25) is 19.4 Å². The van der Waals surface area contributed by atoms with E-state index in [9.17, 15) is 19.8 Å². The molecule has 5 unspecified atom stereocenters. The minimum atomic E-state index is -2.35. The first kappa shape index (κ1) is 40.0. The van der Waals surface area contributed by atoms with E-state index in [0.717, 1.165) is 27.7 Å². The zero-order valence-corrected chi connectivity index (χ0v) is 35.3. The molecule has 5 aliphatic heterocycles. The van der Waals surface area contributed by atoms with E-state index in [0.29, 0.717) is 88.2 Å². The number of methoxy groups -OCH3 is 3. The second kappa shape index (κ2) is 13.8. The Morgan fingerprint density at radius 1 is 0.966 bits per heavy atom. The molecule has 3 N–H and O–H groups in total. The van der Waals surface area contributed by atoms with Crippen LogP contribution in [0.3, 0.4) is 0 Å². The number of fused-ring (bicyclic) bond motifs is 6. The minimum Gasteiger partial charge on any atom is -0.497 e. The normalized spacial score (nSPS) is 37.0. The molecule has 316 valence electrons. The van der Waals surface area contributed by atoms with Crippen molar-refractivity contribution in [3.8, 4) is 5.75 Å². The Hall–Kier alpha value is -4.43. The highest BCUT2D eigenvalue weighted by atomic mass is 16.6. The first-order valence-corrected chi connectivity index (χ1v) is 21.2. The summed E-state index contributed by atoms with van der Waals surface area (Å²) >= 11 is 0. The van der Waals surface area contributed by atoms with E-state index >= 15 is 4.79 Å². The van der Waals surface area contributed by atoms with Crippen LogP contribution < -0.4 is 9.64 Å². The number of carbonyl (C=O) groups excluding carboxylic acids is 3. The number of anilines is 1. The summed E-state index contributed by atoms with van der Waals surface area (Å²) < 4.78 is 23.9. The van der Waals surface area contributed by atoms with E-state index in [4.69, 9.17) is 18.9 Å². The van der Waals surface area contributed by atoms with Gasteiger partial charge in [-0.2, -0.15) is 0 Å². The SMILES string of the molecule is CC[C@]1(O)CC2CN(CCc3c([nH]c4ccccc34)[C@](C(=O)OC)(c3cc(OC)cc4c3C35CCN6CC=C[C@](CC)(C63)[C@@H](OC(C)=O)[C@](O)(C(=O)OC)C5N4C)C2)C1. The third-order valence-corrected chi connectivity index (χ3v) is 15.6. The fraction of sp³-hybridized carbons (Fsp3) is 0.587. The summed E-state index contributed by atoms with van der Waals surface area (Å²) in [6.07, 6.45) is 5.77. The molecule has 1 spiro atoms. The number of nitrogens with one attached hydrogen (secondary N) is 1. The molecule has 2 aromatic carbocycles. The van der Waals surface area contributed by atoms with Crippen LogP contribution in [0.25, 0.3) is 10.9 Å². The average Bonchev–Trinajstić information content (AvgIpc) is 3.90. The van der Waals surface area contributed by atoms with Crippen molar-refractivity contribution in [3.63, 3.8) is 0 Å². The molecule has 13 heteroatoms. The molecule has 1 saturated carbocycles. The number of ether oxygens (including phenoxy) is 4. The summed E-state index contributed by atoms with van der Waals surface area (Å²) in [6, 6.07) is 10.7.